The van der Waals surface area contributed by atoms with Crippen molar-refractivity contribution in [1.82, 2.24) is 9.97 Å². The predicted molar refractivity (Wildman–Crippen MR) is 62.3 cm³/mol. The number of aromatic nitrogens is 2. The van der Waals surface area contributed by atoms with Crippen LogP contribution in [0.15, 0.2) is 22.6 Å². The van der Waals surface area contributed by atoms with Gasteiger partial charge in [0.1, 0.15) is 23.3 Å². The first-order valence-corrected chi connectivity index (χ1v) is 5.23. The Morgan fingerprint density at radius 1 is 1.35 bits per heavy atom. The van der Waals surface area contributed by atoms with Crippen molar-refractivity contribution in [1.29, 1.82) is 5.26 Å². The molecule has 0 radical (unpaired) electrons. The van der Waals surface area contributed by atoms with Gasteiger partial charge in [-0.25, -0.2) is 9.97 Å². The molecule has 0 atom stereocenters. The molecule has 86 valence electrons. The number of aryl methyl sites for hydroxylation is 2. The van der Waals surface area contributed by atoms with Crippen LogP contribution in [-0.2, 0) is 6.54 Å². The van der Waals surface area contributed by atoms with Gasteiger partial charge in [0.2, 0.25) is 5.89 Å². The van der Waals surface area contributed by atoms with Crippen molar-refractivity contribution in [3.8, 4) is 6.07 Å². The van der Waals surface area contributed by atoms with Crippen LogP contribution in [0, 0.1) is 25.2 Å². The van der Waals surface area contributed by atoms with Crippen LogP contribution in [0.4, 0.5) is 5.82 Å². The van der Waals surface area contributed by atoms with Gasteiger partial charge in [-0.2, -0.15) is 5.26 Å². The van der Waals surface area contributed by atoms with Gasteiger partial charge in [0, 0.05) is 0 Å². The quantitative estimate of drug-likeness (QED) is 0.871. The Hall–Kier alpha value is -2.35. The fraction of sp³-hybridized carbons (Fsp3) is 0.250. The molecule has 5 nitrogen and oxygen atoms in total. The Bertz CT molecular complexity index is 549. The van der Waals surface area contributed by atoms with E-state index in [-0.39, 0.29) is 0 Å². The van der Waals surface area contributed by atoms with Gasteiger partial charge in [0.25, 0.3) is 0 Å². The van der Waals surface area contributed by atoms with Gasteiger partial charge in [-0.15, -0.1) is 0 Å². The average Bonchev–Trinajstić information content (AvgIpc) is 2.67. The molecule has 0 aliphatic carbocycles. The zero-order valence-corrected chi connectivity index (χ0v) is 9.69. The molecule has 5 heteroatoms. The van der Waals surface area contributed by atoms with E-state index in [9.17, 15) is 0 Å². The fourth-order valence-corrected chi connectivity index (χ4v) is 1.38. The summed E-state index contributed by atoms with van der Waals surface area (Å²) >= 11 is 0. The van der Waals surface area contributed by atoms with Crippen LogP contribution in [0.3, 0.4) is 0 Å². The maximum Gasteiger partial charge on any atom is 0.213 e. The minimum Gasteiger partial charge on any atom is -0.444 e. The van der Waals surface area contributed by atoms with Crippen molar-refractivity contribution in [3.05, 3.63) is 41.2 Å². The lowest BCUT2D eigenvalue weighted by Gasteiger charge is -2.02. The maximum absolute atomic E-state index is 8.72. The summed E-state index contributed by atoms with van der Waals surface area (Å²) in [6.07, 6.45) is 0. The summed E-state index contributed by atoms with van der Waals surface area (Å²) in [4.78, 5) is 8.34. The molecule has 0 aliphatic heterocycles. The van der Waals surface area contributed by atoms with Crippen LogP contribution >= 0.6 is 0 Å². The van der Waals surface area contributed by atoms with E-state index in [0.29, 0.717) is 23.9 Å². The highest BCUT2D eigenvalue weighted by molar-refractivity contribution is 5.38. The third-order valence-corrected chi connectivity index (χ3v) is 2.36. The summed E-state index contributed by atoms with van der Waals surface area (Å²) in [5, 5.41) is 11.8. The van der Waals surface area contributed by atoms with Crippen molar-refractivity contribution < 1.29 is 4.42 Å². The van der Waals surface area contributed by atoms with E-state index >= 15 is 0 Å². The van der Waals surface area contributed by atoms with Gasteiger partial charge in [-0.1, -0.05) is 6.07 Å². The van der Waals surface area contributed by atoms with E-state index in [1.165, 1.54) is 0 Å². The van der Waals surface area contributed by atoms with E-state index in [0.717, 1.165) is 11.5 Å². The zero-order chi connectivity index (χ0) is 12.3. The monoisotopic (exact) mass is 228 g/mol. The number of nitriles is 1. The molecule has 1 N–H and O–H groups in total. The molecule has 2 heterocycles. The Labute approximate surface area is 99.1 Å². The number of hydrogen-bond donors (Lipinski definition) is 1. The summed E-state index contributed by atoms with van der Waals surface area (Å²) in [5.41, 5.74) is 1.27. The van der Waals surface area contributed by atoms with Gasteiger partial charge in [0.15, 0.2) is 0 Å². The number of nitrogens with zero attached hydrogens (tertiary/aromatic N) is 3. The average molecular weight is 228 g/mol. The smallest absolute Gasteiger partial charge is 0.213 e. The first-order valence-electron chi connectivity index (χ1n) is 5.23. The van der Waals surface area contributed by atoms with Crippen molar-refractivity contribution in [3.63, 3.8) is 0 Å². The molecule has 0 saturated carbocycles. The van der Waals surface area contributed by atoms with Crippen LogP contribution in [0.2, 0.25) is 0 Å². The number of nitrogens with one attached hydrogen (secondary N) is 1. The maximum atomic E-state index is 8.72. The highest BCUT2D eigenvalue weighted by Gasteiger charge is 2.05. The molecule has 0 unspecified atom stereocenters. The minimum absolute atomic E-state index is 0.384. The Morgan fingerprint density at radius 3 is 2.82 bits per heavy atom. The van der Waals surface area contributed by atoms with Crippen molar-refractivity contribution in [2.75, 3.05) is 5.32 Å². The van der Waals surface area contributed by atoms with Gasteiger partial charge < -0.3 is 9.73 Å². The van der Waals surface area contributed by atoms with Gasteiger partial charge in [-0.05, 0) is 26.0 Å². The topological polar surface area (TPSA) is 74.7 Å². The van der Waals surface area contributed by atoms with E-state index in [1.54, 1.807) is 18.2 Å². The second-order valence-electron chi connectivity index (χ2n) is 3.62. The van der Waals surface area contributed by atoms with Crippen LogP contribution in [0.25, 0.3) is 0 Å². The highest BCUT2D eigenvalue weighted by atomic mass is 16.4. The van der Waals surface area contributed by atoms with Crippen molar-refractivity contribution in [2.24, 2.45) is 0 Å². The van der Waals surface area contributed by atoms with Crippen molar-refractivity contribution >= 4 is 5.82 Å². The van der Waals surface area contributed by atoms with Crippen LogP contribution in [0.5, 0.6) is 0 Å². The summed E-state index contributed by atoms with van der Waals surface area (Å²) in [6.45, 7) is 4.23. The molecule has 0 fully saturated rings. The normalized spacial score (nSPS) is 9.94. The Morgan fingerprint density at radius 2 is 2.18 bits per heavy atom. The number of oxazole rings is 1. The lowest BCUT2D eigenvalue weighted by atomic mass is 10.3. The van der Waals surface area contributed by atoms with E-state index in [2.05, 4.69) is 15.3 Å². The van der Waals surface area contributed by atoms with Gasteiger partial charge in [0.05, 0.1) is 12.2 Å². The number of pyridine rings is 1. The molecule has 2 aromatic heterocycles. The SMILES string of the molecule is Cc1nc(CNc2cccc(C#N)n2)oc1C. The standard InChI is InChI=1S/C12H12N4O/c1-8-9(2)17-12(15-8)7-14-11-5-3-4-10(6-13)16-11/h3-5H,7H2,1-2H3,(H,14,16). The van der Waals surface area contributed by atoms with Gasteiger partial charge >= 0.3 is 0 Å². The summed E-state index contributed by atoms with van der Waals surface area (Å²) in [5.74, 6) is 2.07. The molecule has 0 saturated heterocycles. The second kappa shape index (κ2) is 4.66. The van der Waals surface area contributed by atoms with Gasteiger partial charge in [-0.3, -0.25) is 0 Å². The molecule has 0 bridgehead atoms. The molecule has 0 spiro atoms. The summed E-state index contributed by atoms with van der Waals surface area (Å²) < 4.78 is 5.43. The van der Waals surface area contributed by atoms with E-state index in [1.807, 2.05) is 19.9 Å². The molecule has 0 amide bonds. The number of anilines is 1. The molecule has 0 aliphatic rings. The van der Waals surface area contributed by atoms with E-state index in [4.69, 9.17) is 9.68 Å². The van der Waals surface area contributed by atoms with Crippen LogP contribution in [0.1, 0.15) is 23.0 Å². The highest BCUT2D eigenvalue weighted by Crippen LogP contribution is 2.10. The fourth-order valence-electron chi connectivity index (χ4n) is 1.38. The first-order chi connectivity index (χ1) is 8.19. The minimum atomic E-state index is 0.384. The van der Waals surface area contributed by atoms with Crippen LogP contribution in [-0.4, -0.2) is 9.97 Å². The molecule has 17 heavy (non-hydrogen) atoms. The van der Waals surface area contributed by atoms with Crippen LogP contribution < -0.4 is 5.32 Å². The first kappa shape index (κ1) is 11.1. The molecule has 0 aromatic carbocycles. The molecular weight excluding hydrogens is 216 g/mol. The largest absolute Gasteiger partial charge is 0.444 e. The third-order valence-electron chi connectivity index (χ3n) is 2.36. The lowest BCUT2D eigenvalue weighted by molar-refractivity contribution is 0.478. The second-order valence-corrected chi connectivity index (χ2v) is 3.62. The third kappa shape index (κ3) is 2.61. The lowest BCUT2D eigenvalue weighted by Crippen LogP contribution is -2.02. The summed E-state index contributed by atoms with van der Waals surface area (Å²) in [7, 11) is 0. The number of rotatable bonds is 3. The zero-order valence-electron chi connectivity index (χ0n) is 9.69. The molecular formula is C12H12N4O. The summed E-state index contributed by atoms with van der Waals surface area (Å²) in [6, 6.07) is 7.22. The number of hydrogen-bond acceptors (Lipinski definition) is 5. The Kier molecular flexibility index (Phi) is 3.06. The predicted octanol–water partition coefficient (Wildman–Crippen LogP) is 2.17. The van der Waals surface area contributed by atoms with E-state index < -0.39 is 0 Å². The Balaban J connectivity index is 2.05. The molecule has 2 aromatic rings. The van der Waals surface area contributed by atoms with Crippen molar-refractivity contribution in [2.45, 2.75) is 20.4 Å². The molecule has 2 rings (SSSR count).